The molecule has 0 saturated heterocycles. The van der Waals surface area contributed by atoms with Gasteiger partial charge in [0.05, 0.1) is 0 Å². The lowest BCUT2D eigenvalue weighted by Gasteiger charge is -2.34. The van der Waals surface area contributed by atoms with E-state index in [1.54, 1.807) is 0 Å². The third-order valence-electron chi connectivity index (χ3n) is 4.56. The van der Waals surface area contributed by atoms with Crippen molar-refractivity contribution < 1.29 is 9.90 Å². The third-order valence-corrected chi connectivity index (χ3v) is 4.56. The van der Waals surface area contributed by atoms with E-state index in [0.717, 1.165) is 25.7 Å². The Morgan fingerprint density at radius 1 is 1.42 bits per heavy atom. The van der Waals surface area contributed by atoms with Crippen molar-refractivity contribution in [3.63, 3.8) is 0 Å². The number of rotatable bonds is 7. The molecular formula is C15H30N2O2. The zero-order chi connectivity index (χ0) is 14.6. The lowest BCUT2D eigenvalue weighted by molar-refractivity contribution is -0.145. The molecule has 4 heteroatoms. The molecule has 0 aromatic heterocycles. The van der Waals surface area contributed by atoms with Crippen LogP contribution in [0.4, 0.5) is 0 Å². The van der Waals surface area contributed by atoms with Gasteiger partial charge in [0.25, 0.3) is 0 Å². The van der Waals surface area contributed by atoms with Crippen molar-refractivity contribution in [3.8, 4) is 0 Å². The molecule has 1 aliphatic rings. The van der Waals surface area contributed by atoms with Gasteiger partial charge in [0.15, 0.2) is 0 Å². The number of hydrogen-bond donors (Lipinski definition) is 2. The summed E-state index contributed by atoms with van der Waals surface area (Å²) in [5, 5.41) is 12.9. The van der Waals surface area contributed by atoms with Crippen LogP contribution in [0.25, 0.3) is 0 Å². The summed E-state index contributed by atoms with van der Waals surface area (Å²) in [4.78, 5) is 14.1. The molecule has 19 heavy (non-hydrogen) atoms. The van der Waals surface area contributed by atoms with Crippen LogP contribution in [0, 0.1) is 0 Å². The molecule has 1 aliphatic carbocycles. The van der Waals surface area contributed by atoms with Crippen molar-refractivity contribution >= 4 is 5.97 Å². The third kappa shape index (κ3) is 3.69. The Bertz CT molecular complexity index is 303. The van der Waals surface area contributed by atoms with Gasteiger partial charge in [-0.1, -0.05) is 13.8 Å². The summed E-state index contributed by atoms with van der Waals surface area (Å²) in [5.74, 6) is -0.693. The van der Waals surface area contributed by atoms with Crippen molar-refractivity contribution in [3.05, 3.63) is 0 Å². The molecule has 0 aliphatic heterocycles. The van der Waals surface area contributed by atoms with Gasteiger partial charge >= 0.3 is 5.97 Å². The highest BCUT2D eigenvalue weighted by molar-refractivity contribution is 5.79. The van der Waals surface area contributed by atoms with Crippen molar-refractivity contribution in [2.75, 3.05) is 7.05 Å². The summed E-state index contributed by atoms with van der Waals surface area (Å²) in [6.07, 6.45) is 4.67. The molecule has 0 aromatic carbocycles. The van der Waals surface area contributed by atoms with Crippen LogP contribution in [0.5, 0.6) is 0 Å². The maximum atomic E-state index is 11.7. The van der Waals surface area contributed by atoms with E-state index < -0.39 is 11.5 Å². The number of carboxylic acid groups (broad SMARTS) is 1. The second-order valence-electron chi connectivity index (χ2n) is 6.22. The Kier molecular flexibility index (Phi) is 5.81. The molecule has 0 bridgehead atoms. The van der Waals surface area contributed by atoms with Gasteiger partial charge in [-0.3, -0.25) is 10.1 Å². The molecule has 0 spiro atoms. The summed E-state index contributed by atoms with van der Waals surface area (Å²) >= 11 is 0. The van der Waals surface area contributed by atoms with Gasteiger partial charge in [-0.05, 0) is 53.0 Å². The number of hydrogen-bond acceptors (Lipinski definition) is 3. The van der Waals surface area contributed by atoms with Crippen LogP contribution in [0.1, 0.15) is 59.8 Å². The summed E-state index contributed by atoms with van der Waals surface area (Å²) in [7, 11) is 2.15. The Labute approximate surface area is 117 Å². The molecule has 4 nitrogen and oxygen atoms in total. The van der Waals surface area contributed by atoms with Crippen LogP contribution in [-0.4, -0.2) is 46.7 Å². The van der Waals surface area contributed by atoms with E-state index in [4.69, 9.17) is 0 Å². The molecular weight excluding hydrogens is 240 g/mol. The zero-order valence-electron chi connectivity index (χ0n) is 13.1. The van der Waals surface area contributed by atoms with Crippen LogP contribution >= 0.6 is 0 Å². The maximum absolute atomic E-state index is 11.7. The predicted molar refractivity (Wildman–Crippen MR) is 78.4 cm³/mol. The van der Waals surface area contributed by atoms with Crippen LogP contribution in [-0.2, 0) is 4.79 Å². The molecule has 0 radical (unpaired) electrons. The minimum atomic E-state index is -0.723. The molecule has 0 heterocycles. The molecule has 1 rings (SSSR count). The van der Waals surface area contributed by atoms with Gasteiger partial charge in [-0.25, -0.2) is 0 Å². The number of aliphatic carboxylic acids is 1. The first kappa shape index (κ1) is 16.4. The molecule has 1 saturated carbocycles. The van der Waals surface area contributed by atoms with Crippen molar-refractivity contribution in [2.45, 2.75) is 83.5 Å². The van der Waals surface area contributed by atoms with Gasteiger partial charge in [0.2, 0.25) is 0 Å². The largest absolute Gasteiger partial charge is 0.480 e. The number of carbonyl (C=O) groups is 1. The second kappa shape index (κ2) is 6.71. The van der Waals surface area contributed by atoms with E-state index in [1.165, 1.54) is 0 Å². The molecule has 1 fully saturated rings. The fraction of sp³-hybridized carbons (Fsp3) is 0.933. The molecule has 112 valence electrons. The fourth-order valence-electron chi connectivity index (χ4n) is 3.47. The monoisotopic (exact) mass is 270 g/mol. The topological polar surface area (TPSA) is 52.6 Å². The van der Waals surface area contributed by atoms with Crippen LogP contribution in [0.2, 0.25) is 0 Å². The number of nitrogens with zero attached hydrogens (tertiary/aromatic N) is 1. The van der Waals surface area contributed by atoms with Crippen molar-refractivity contribution in [2.24, 2.45) is 0 Å². The van der Waals surface area contributed by atoms with Crippen LogP contribution < -0.4 is 5.32 Å². The van der Waals surface area contributed by atoms with Crippen molar-refractivity contribution in [1.82, 2.24) is 10.2 Å². The normalized spacial score (nSPS) is 27.7. The number of carboxylic acids is 1. The van der Waals surface area contributed by atoms with Gasteiger partial charge in [-0.2, -0.15) is 0 Å². The smallest absolute Gasteiger partial charge is 0.323 e. The quantitative estimate of drug-likeness (QED) is 0.746. The minimum absolute atomic E-state index is 0.202. The van der Waals surface area contributed by atoms with E-state index in [-0.39, 0.29) is 6.04 Å². The Hall–Kier alpha value is -0.610. The average molecular weight is 270 g/mol. The van der Waals surface area contributed by atoms with E-state index in [2.05, 4.69) is 31.1 Å². The fourth-order valence-corrected chi connectivity index (χ4v) is 3.47. The maximum Gasteiger partial charge on any atom is 0.323 e. The standard InChI is InChI=1S/C15H30N2O2/c1-6-12(7-2)17(5)13-8-9-15(10-13,14(18)19)16-11(3)4/h11-13,16H,6-10H2,1-5H3,(H,18,19). The van der Waals surface area contributed by atoms with E-state index in [0.29, 0.717) is 18.5 Å². The summed E-state index contributed by atoms with van der Waals surface area (Å²) in [6.45, 7) is 8.44. The van der Waals surface area contributed by atoms with E-state index >= 15 is 0 Å². The van der Waals surface area contributed by atoms with Gasteiger partial charge in [0.1, 0.15) is 5.54 Å². The first-order valence-corrected chi connectivity index (χ1v) is 7.59. The molecule has 0 amide bonds. The summed E-state index contributed by atoms with van der Waals surface area (Å²) < 4.78 is 0. The lowest BCUT2D eigenvalue weighted by Crippen LogP contribution is -2.54. The predicted octanol–water partition coefficient (Wildman–Crippen LogP) is 2.48. The van der Waals surface area contributed by atoms with Gasteiger partial charge in [-0.15, -0.1) is 0 Å². The average Bonchev–Trinajstić information content (AvgIpc) is 2.75. The highest BCUT2D eigenvalue weighted by atomic mass is 16.4. The SMILES string of the molecule is CCC(CC)N(C)C1CCC(NC(C)C)(C(=O)O)C1. The summed E-state index contributed by atoms with van der Waals surface area (Å²) in [5.41, 5.74) is -0.723. The summed E-state index contributed by atoms with van der Waals surface area (Å²) in [6, 6.07) is 1.15. The molecule has 2 N–H and O–H groups in total. The highest BCUT2D eigenvalue weighted by Gasteiger charge is 2.47. The Morgan fingerprint density at radius 2 is 2.00 bits per heavy atom. The Morgan fingerprint density at radius 3 is 2.42 bits per heavy atom. The van der Waals surface area contributed by atoms with Crippen LogP contribution in [0.15, 0.2) is 0 Å². The molecule has 0 aromatic rings. The van der Waals surface area contributed by atoms with Gasteiger partial charge < -0.3 is 10.0 Å². The second-order valence-corrected chi connectivity index (χ2v) is 6.22. The highest BCUT2D eigenvalue weighted by Crippen LogP contribution is 2.34. The zero-order valence-corrected chi connectivity index (χ0v) is 13.1. The molecule has 2 atom stereocenters. The van der Waals surface area contributed by atoms with Crippen molar-refractivity contribution in [1.29, 1.82) is 0 Å². The van der Waals surface area contributed by atoms with E-state index in [9.17, 15) is 9.90 Å². The molecule has 2 unspecified atom stereocenters. The minimum Gasteiger partial charge on any atom is -0.480 e. The first-order valence-electron chi connectivity index (χ1n) is 7.59. The number of nitrogens with one attached hydrogen (secondary N) is 1. The van der Waals surface area contributed by atoms with Crippen LogP contribution in [0.3, 0.4) is 0 Å². The van der Waals surface area contributed by atoms with E-state index in [1.807, 2.05) is 13.8 Å². The van der Waals surface area contributed by atoms with Gasteiger partial charge in [0, 0.05) is 18.1 Å². The first-order chi connectivity index (χ1) is 8.86. The Balaban J connectivity index is 2.76. The lowest BCUT2D eigenvalue weighted by atomic mass is 9.96.